The summed E-state index contributed by atoms with van der Waals surface area (Å²) < 4.78 is 13.1. The van der Waals surface area contributed by atoms with E-state index < -0.39 is 11.9 Å². The molecule has 0 bridgehead atoms. The van der Waals surface area contributed by atoms with Gasteiger partial charge >= 0.3 is 0 Å². The molecule has 1 rings (SSSR count). The number of anilines is 1. The van der Waals surface area contributed by atoms with Crippen molar-refractivity contribution < 1.29 is 9.18 Å². The molecule has 0 aromatic carbocycles. The molecule has 0 fully saturated rings. The largest absolute Gasteiger partial charge is 0.307 e. The predicted octanol–water partition coefficient (Wildman–Crippen LogP) is 2.11. The fourth-order valence-electron chi connectivity index (χ4n) is 0.664. The zero-order valence-corrected chi connectivity index (χ0v) is 8.14. The van der Waals surface area contributed by atoms with Crippen LogP contribution in [-0.2, 0) is 4.79 Å². The summed E-state index contributed by atoms with van der Waals surface area (Å²) >= 11 is 2.94. The summed E-state index contributed by atoms with van der Waals surface area (Å²) in [6, 6.07) is 2.94. The zero-order chi connectivity index (χ0) is 9.84. The number of hydrogen-bond donors (Lipinski definition) is 1. The molecule has 13 heavy (non-hydrogen) atoms. The van der Waals surface area contributed by atoms with E-state index in [2.05, 4.69) is 32.8 Å². The van der Waals surface area contributed by atoms with Crippen molar-refractivity contribution in [1.82, 2.24) is 4.98 Å². The first kappa shape index (κ1) is 9.85. The lowest BCUT2D eigenvalue weighted by atomic mass is 10.4. The van der Waals surface area contributed by atoms with Gasteiger partial charge in [0.1, 0.15) is 5.82 Å². The van der Waals surface area contributed by atoms with Gasteiger partial charge in [-0.25, -0.2) is 4.98 Å². The third-order valence-electron chi connectivity index (χ3n) is 1.24. The monoisotopic (exact) mass is 244 g/mol. The molecule has 1 aromatic heterocycles. The Morgan fingerprint density at radius 2 is 2.38 bits per heavy atom. The quantitative estimate of drug-likeness (QED) is 0.640. The number of pyridine rings is 1. The number of rotatable bonds is 2. The Morgan fingerprint density at radius 3 is 2.92 bits per heavy atom. The highest BCUT2D eigenvalue weighted by Crippen LogP contribution is 2.15. The average Bonchev–Trinajstić information content (AvgIpc) is 2.11. The number of hydrogen-bond acceptors (Lipinski definition) is 2. The van der Waals surface area contributed by atoms with Crippen molar-refractivity contribution in [2.24, 2.45) is 0 Å². The Balaban J connectivity index is 2.85. The molecule has 0 aliphatic rings. The number of nitrogens with one attached hydrogen (secondary N) is 1. The Bertz CT molecular complexity index is 354. The lowest BCUT2D eigenvalue weighted by Crippen LogP contribution is -2.09. The molecule has 0 spiro atoms. The molecule has 0 saturated heterocycles. The van der Waals surface area contributed by atoms with Gasteiger partial charge in [-0.3, -0.25) is 4.79 Å². The van der Waals surface area contributed by atoms with Crippen molar-refractivity contribution in [3.63, 3.8) is 0 Å². The van der Waals surface area contributed by atoms with Crippen LogP contribution in [0.5, 0.6) is 0 Å². The molecule has 0 radical (unpaired) electrons. The first-order valence-electron chi connectivity index (χ1n) is 3.39. The highest BCUT2D eigenvalue weighted by Gasteiger charge is 2.03. The Labute approximate surface area is 82.8 Å². The summed E-state index contributed by atoms with van der Waals surface area (Å²) in [5, 5.41) is 2.33. The summed E-state index contributed by atoms with van der Waals surface area (Å²) in [6.07, 6.45) is 1.08. The number of halogens is 2. The average molecular weight is 245 g/mol. The molecule has 0 unspecified atom stereocenters. The minimum Gasteiger partial charge on any atom is -0.307 e. The van der Waals surface area contributed by atoms with Gasteiger partial charge in [-0.1, -0.05) is 6.58 Å². The summed E-state index contributed by atoms with van der Waals surface area (Å²) in [5.41, 5.74) is 0. The Hall–Kier alpha value is -1.23. The third kappa shape index (κ3) is 2.62. The normalized spacial score (nSPS) is 9.38. The standard InChI is InChI=1S/C8H6BrFN2O/c1-2-7(13)11-6-4-3-5(9)8(10)12-6/h2-4H,1H2,(H,11,12,13). The van der Waals surface area contributed by atoms with Crippen molar-refractivity contribution >= 4 is 27.7 Å². The molecule has 1 amide bonds. The van der Waals surface area contributed by atoms with E-state index in [-0.39, 0.29) is 10.3 Å². The summed E-state index contributed by atoms with van der Waals surface area (Å²) in [7, 11) is 0. The van der Waals surface area contributed by atoms with Gasteiger partial charge in [0.25, 0.3) is 0 Å². The van der Waals surface area contributed by atoms with E-state index in [9.17, 15) is 9.18 Å². The summed E-state index contributed by atoms with van der Waals surface area (Å²) in [4.78, 5) is 14.2. The van der Waals surface area contributed by atoms with Crippen LogP contribution < -0.4 is 5.32 Å². The maximum absolute atomic E-state index is 12.8. The molecular formula is C8H6BrFN2O. The van der Waals surface area contributed by atoms with E-state index >= 15 is 0 Å². The number of nitrogens with zero attached hydrogens (tertiary/aromatic N) is 1. The number of carbonyl (C=O) groups excluding carboxylic acids is 1. The predicted molar refractivity (Wildman–Crippen MR) is 50.7 cm³/mol. The highest BCUT2D eigenvalue weighted by molar-refractivity contribution is 9.10. The van der Waals surface area contributed by atoms with Crippen LogP contribution in [0.4, 0.5) is 10.2 Å². The molecule has 1 aromatic rings. The number of amides is 1. The van der Waals surface area contributed by atoms with Crippen LogP contribution in [0.15, 0.2) is 29.3 Å². The van der Waals surface area contributed by atoms with Crippen LogP contribution >= 0.6 is 15.9 Å². The molecule has 1 heterocycles. The topological polar surface area (TPSA) is 42.0 Å². The fourth-order valence-corrected chi connectivity index (χ4v) is 0.885. The molecule has 68 valence electrons. The first-order chi connectivity index (χ1) is 6.13. The van der Waals surface area contributed by atoms with Gasteiger partial charge in [-0.2, -0.15) is 4.39 Å². The molecular weight excluding hydrogens is 239 g/mol. The van der Waals surface area contributed by atoms with E-state index in [1.807, 2.05) is 0 Å². The van der Waals surface area contributed by atoms with Gasteiger partial charge in [-0.15, -0.1) is 0 Å². The summed E-state index contributed by atoms with van der Waals surface area (Å²) in [5.74, 6) is -0.929. The van der Waals surface area contributed by atoms with Crippen molar-refractivity contribution in [1.29, 1.82) is 0 Å². The van der Waals surface area contributed by atoms with Gasteiger partial charge in [0.05, 0.1) is 4.47 Å². The maximum atomic E-state index is 12.8. The van der Waals surface area contributed by atoms with Crippen LogP contribution in [0, 0.1) is 5.95 Å². The highest BCUT2D eigenvalue weighted by atomic mass is 79.9. The van der Waals surface area contributed by atoms with Gasteiger partial charge in [0.2, 0.25) is 11.9 Å². The second-order valence-corrected chi connectivity index (χ2v) is 3.02. The van der Waals surface area contributed by atoms with Crippen molar-refractivity contribution in [3.8, 4) is 0 Å². The Morgan fingerprint density at radius 1 is 1.69 bits per heavy atom. The lowest BCUT2D eigenvalue weighted by Gasteiger charge is -2.00. The zero-order valence-electron chi connectivity index (χ0n) is 6.55. The molecule has 0 atom stereocenters. The SMILES string of the molecule is C=CC(=O)Nc1ccc(Br)c(F)n1. The number of aromatic nitrogens is 1. The van der Waals surface area contributed by atoms with Crippen LogP contribution in [0.1, 0.15) is 0 Å². The van der Waals surface area contributed by atoms with E-state index in [4.69, 9.17) is 0 Å². The molecule has 0 saturated carbocycles. The second-order valence-electron chi connectivity index (χ2n) is 2.16. The van der Waals surface area contributed by atoms with Gasteiger partial charge in [0, 0.05) is 0 Å². The molecule has 1 N–H and O–H groups in total. The number of carbonyl (C=O) groups is 1. The maximum Gasteiger partial charge on any atom is 0.248 e. The third-order valence-corrected chi connectivity index (χ3v) is 1.83. The van der Waals surface area contributed by atoms with E-state index in [1.54, 1.807) is 0 Å². The minimum absolute atomic E-state index is 0.158. The van der Waals surface area contributed by atoms with Crippen LogP contribution in [0.3, 0.4) is 0 Å². The second kappa shape index (κ2) is 4.13. The van der Waals surface area contributed by atoms with E-state index in [1.165, 1.54) is 12.1 Å². The van der Waals surface area contributed by atoms with E-state index in [0.717, 1.165) is 6.08 Å². The van der Waals surface area contributed by atoms with Crippen molar-refractivity contribution in [2.75, 3.05) is 5.32 Å². The van der Waals surface area contributed by atoms with Crippen molar-refractivity contribution in [2.45, 2.75) is 0 Å². The van der Waals surface area contributed by atoms with Crippen LogP contribution in [-0.4, -0.2) is 10.9 Å². The molecule has 5 heteroatoms. The Kier molecular flexibility index (Phi) is 3.13. The molecule has 0 aliphatic carbocycles. The van der Waals surface area contributed by atoms with Crippen molar-refractivity contribution in [3.05, 3.63) is 35.2 Å². The molecule has 0 aliphatic heterocycles. The van der Waals surface area contributed by atoms with E-state index in [0.29, 0.717) is 0 Å². The smallest absolute Gasteiger partial charge is 0.248 e. The minimum atomic E-state index is -0.665. The van der Waals surface area contributed by atoms with Gasteiger partial charge < -0.3 is 5.32 Å². The first-order valence-corrected chi connectivity index (χ1v) is 4.18. The molecule has 3 nitrogen and oxygen atoms in total. The van der Waals surface area contributed by atoms with Gasteiger partial charge in [-0.05, 0) is 34.1 Å². The lowest BCUT2D eigenvalue weighted by molar-refractivity contribution is -0.111. The van der Waals surface area contributed by atoms with Gasteiger partial charge in [0.15, 0.2) is 0 Å². The van der Waals surface area contributed by atoms with Crippen LogP contribution in [0.2, 0.25) is 0 Å². The van der Waals surface area contributed by atoms with Crippen LogP contribution in [0.25, 0.3) is 0 Å². The fraction of sp³-hybridized carbons (Fsp3) is 0. The summed E-state index contributed by atoms with van der Waals surface area (Å²) in [6.45, 7) is 3.25.